The first-order valence-corrected chi connectivity index (χ1v) is 21.7. The van der Waals surface area contributed by atoms with Gasteiger partial charge in [0.25, 0.3) is 0 Å². The first-order valence-electron chi connectivity index (χ1n) is 20.9. The molecule has 0 aliphatic rings. The van der Waals surface area contributed by atoms with Gasteiger partial charge < -0.3 is 4.57 Å². The highest BCUT2D eigenvalue weighted by Crippen LogP contribution is 2.44. The van der Waals surface area contributed by atoms with E-state index in [1.54, 1.807) is 0 Å². The van der Waals surface area contributed by atoms with Crippen LogP contribution in [0, 0.1) is 0 Å². The van der Waals surface area contributed by atoms with Crippen molar-refractivity contribution < 1.29 is 0 Å². The van der Waals surface area contributed by atoms with Crippen molar-refractivity contribution in [2.75, 3.05) is 0 Å². The van der Waals surface area contributed by atoms with Gasteiger partial charge in [-0.2, -0.15) is 0 Å². The Morgan fingerprint density at radius 3 is 1.42 bits per heavy atom. The molecule has 3 aromatic heterocycles. The molecule has 0 aliphatic carbocycles. The summed E-state index contributed by atoms with van der Waals surface area (Å²) in [6.07, 6.45) is 0. The second kappa shape index (κ2) is 14.9. The molecular formula is C57H36N4S. The van der Waals surface area contributed by atoms with Crippen molar-refractivity contribution in [1.82, 2.24) is 19.5 Å². The Morgan fingerprint density at radius 1 is 0.306 bits per heavy atom. The van der Waals surface area contributed by atoms with Gasteiger partial charge in [-0.05, 0) is 58.1 Å². The molecule has 4 nitrogen and oxygen atoms in total. The smallest absolute Gasteiger partial charge is 0.164 e. The second-order valence-corrected chi connectivity index (χ2v) is 16.6. The molecule has 0 fully saturated rings. The van der Waals surface area contributed by atoms with Gasteiger partial charge in [0.1, 0.15) is 0 Å². The van der Waals surface area contributed by atoms with Crippen LogP contribution in [0.2, 0.25) is 0 Å². The van der Waals surface area contributed by atoms with Crippen LogP contribution in [0.1, 0.15) is 0 Å². The standard InChI is InChI=1S/C57H36N4S/c1-4-17-37(18-5-1)47-35-48(38-19-6-2-7-20-38)52(61-50-28-13-10-23-43(50)44-24-11-14-29-51(44)61)36-49(47)57-59-55(40-21-8-3-9-22-40)58-56(60-57)41-33-31-39(32-34-41)42-26-16-27-46-45-25-12-15-30-53(45)62-54(42)46/h1-36H. The van der Waals surface area contributed by atoms with Crippen molar-refractivity contribution in [3.63, 3.8) is 0 Å². The predicted molar refractivity (Wildman–Crippen MR) is 260 cm³/mol. The Bertz CT molecular complexity index is 3560. The number of thiophene rings is 1. The Morgan fingerprint density at radius 2 is 0.774 bits per heavy atom. The number of nitrogens with zero attached hydrogens (tertiary/aromatic N) is 4. The molecule has 12 rings (SSSR count). The highest BCUT2D eigenvalue weighted by atomic mass is 32.1. The predicted octanol–water partition coefficient (Wildman–Crippen LogP) is 15.3. The van der Waals surface area contributed by atoms with Crippen LogP contribution in [-0.2, 0) is 0 Å². The third kappa shape index (κ3) is 6.09. The lowest BCUT2D eigenvalue weighted by atomic mass is 9.92. The van der Waals surface area contributed by atoms with E-state index >= 15 is 0 Å². The normalized spacial score (nSPS) is 11.5. The summed E-state index contributed by atoms with van der Waals surface area (Å²) >= 11 is 1.85. The van der Waals surface area contributed by atoms with E-state index in [-0.39, 0.29) is 0 Å². The summed E-state index contributed by atoms with van der Waals surface area (Å²) in [7, 11) is 0. The number of benzene rings is 9. The number of fused-ring (bicyclic) bond motifs is 6. The fraction of sp³-hybridized carbons (Fsp3) is 0. The van der Waals surface area contributed by atoms with Gasteiger partial charge in [-0.1, -0.05) is 188 Å². The number of hydrogen-bond acceptors (Lipinski definition) is 4. The molecule has 290 valence electrons. The van der Waals surface area contributed by atoms with Crippen molar-refractivity contribution in [3.8, 4) is 73.2 Å². The van der Waals surface area contributed by atoms with E-state index in [0.29, 0.717) is 17.5 Å². The van der Waals surface area contributed by atoms with E-state index in [0.717, 1.165) is 61.2 Å². The fourth-order valence-corrected chi connectivity index (χ4v) is 10.2. The maximum Gasteiger partial charge on any atom is 0.164 e. The molecule has 5 heteroatoms. The lowest BCUT2D eigenvalue weighted by molar-refractivity contribution is 1.07. The van der Waals surface area contributed by atoms with Crippen LogP contribution < -0.4 is 0 Å². The maximum atomic E-state index is 5.39. The van der Waals surface area contributed by atoms with E-state index in [4.69, 9.17) is 15.0 Å². The van der Waals surface area contributed by atoms with E-state index in [1.165, 1.54) is 36.5 Å². The lowest BCUT2D eigenvalue weighted by Crippen LogP contribution is -2.04. The van der Waals surface area contributed by atoms with Crippen LogP contribution in [-0.4, -0.2) is 19.5 Å². The molecule has 0 unspecified atom stereocenters. The zero-order valence-corrected chi connectivity index (χ0v) is 34.3. The van der Waals surface area contributed by atoms with Crippen molar-refractivity contribution >= 4 is 53.3 Å². The molecule has 0 atom stereocenters. The van der Waals surface area contributed by atoms with Crippen LogP contribution in [0.4, 0.5) is 0 Å². The van der Waals surface area contributed by atoms with Crippen LogP contribution in [0.15, 0.2) is 218 Å². The highest BCUT2D eigenvalue weighted by molar-refractivity contribution is 7.26. The molecule has 0 spiro atoms. The number of rotatable bonds is 7. The molecule has 0 N–H and O–H groups in total. The van der Waals surface area contributed by atoms with Crippen molar-refractivity contribution in [2.45, 2.75) is 0 Å². The number of para-hydroxylation sites is 2. The molecule has 0 aliphatic heterocycles. The van der Waals surface area contributed by atoms with E-state index in [9.17, 15) is 0 Å². The molecule has 62 heavy (non-hydrogen) atoms. The average Bonchev–Trinajstić information content (AvgIpc) is 3.90. The van der Waals surface area contributed by atoms with E-state index < -0.39 is 0 Å². The van der Waals surface area contributed by atoms with Gasteiger partial charge in [-0.25, -0.2) is 15.0 Å². The highest BCUT2D eigenvalue weighted by Gasteiger charge is 2.22. The molecule has 0 amide bonds. The van der Waals surface area contributed by atoms with Gasteiger partial charge in [0.2, 0.25) is 0 Å². The number of hydrogen-bond donors (Lipinski definition) is 0. The summed E-state index contributed by atoms with van der Waals surface area (Å²) in [6.45, 7) is 0. The van der Waals surface area contributed by atoms with Crippen LogP contribution in [0.5, 0.6) is 0 Å². The molecule has 9 aromatic carbocycles. The third-order valence-electron chi connectivity index (χ3n) is 11.9. The largest absolute Gasteiger partial charge is 0.309 e. The van der Waals surface area contributed by atoms with Gasteiger partial charge in [0.15, 0.2) is 17.5 Å². The molecular weight excluding hydrogens is 773 g/mol. The molecule has 12 aromatic rings. The Kier molecular flexibility index (Phi) is 8.65. The first-order chi connectivity index (χ1) is 30.7. The lowest BCUT2D eigenvalue weighted by Gasteiger charge is -2.20. The maximum absolute atomic E-state index is 5.39. The minimum atomic E-state index is 0.605. The van der Waals surface area contributed by atoms with Gasteiger partial charge >= 0.3 is 0 Å². The summed E-state index contributed by atoms with van der Waals surface area (Å²) in [5.74, 6) is 1.84. The van der Waals surface area contributed by atoms with Crippen LogP contribution in [0.3, 0.4) is 0 Å². The zero-order chi connectivity index (χ0) is 41.0. The van der Waals surface area contributed by atoms with Crippen molar-refractivity contribution in [3.05, 3.63) is 218 Å². The summed E-state index contributed by atoms with van der Waals surface area (Å²) < 4.78 is 4.99. The summed E-state index contributed by atoms with van der Waals surface area (Å²) in [5.41, 5.74) is 12.8. The summed E-state index contributed by atoms with van der Waals surface area (Å²) in [4.78, 5) is 15.9. The van der Waals surface area contributed by atoms with Crippen molar-refractivity contribution in [2.24, 2.45) is 0 Å². The van der Waals surface area contributed by atoms with Gasteiger partial charge in [-0.15, -0.1) is 11.3 Å². The molecule has 0 saturated heterocycles. The SMILES string of the molecule is c1ccc(-c2nc(-c3ccc(-c4cccc5c4sc4ccccc45)cc3)nc(-c3cc(-n4c5ccccc5c5ccccc54)c(-c4ccccc4)cc3-c3ccccc3)n2)cc1. The monoisotopic (exact) mass is 808 g/mol. The molecule has 0 bridgehead atoms. The average molecular weight is 809 g/mol. The van der Waals surface area contributed by atoms with Crippen molar-refractivity contribution in [1.29, 1.82) is 0 Å². The van der Waals surface area contributed by atoms with Crippen LogP contribution >= 0.6 is 11.3 Å². The third-order valence-corrected chi connectivity index (χ3v) is 13.1. The minimum Gasteiger partial charge on any atom is -0.309 e. The molecule has 0 saturated carbocycles. The topological polar surface area (TPSA) is 43.6 Å². The van der Waals surface area contributed by atoms with Gasteiger partial charge in [0.05, 0.1) is 16.7 Å². The molecule has 3 heterocycles. The Balaban J connectivity index is 1.10. The first kappa shape index (κ1) is 35.9. The number of aromatic nitrogens is 4. The Labute approximate surface area is 362 Å². The fourth-order valence-electron chi connectivity index (χ4n) is 8.96. The summed E-state index contributed by atoms with van der Waals surface area (Å²) in [6, 6.07) is 77.5. The van der Waals surface area contributed by atoms with Crippen LogP contribution in [0.25, 0.3) is 115 Å². The Hall–Kier alpha value is -7.99. The zero-order valence-electron chi connectivity index (χ0n) is 33.5. The second-order valence-electron chi connectivity index (χ2n) is 15.5. The summed E-state index contributed by atoms with van der Waals surface area (Å²) in [5, 5.41) is 4.99. The van der Waals surface area contributed by atoms with E-state index in [1.807, 2.05) is 29.5 Å². The molecule has 0 radical (unpaired) electrons. The van der Waals surface area contributed by atoms with Gasteiger partial charge in [-0.3, -0.25) is 0 Å². The quantitative estimate of drug-likeness (QED) is 0.161. The van der Waals surface area contributed by atoms with E-state index in [2.05, 4.69) is 205 Å². The minimum absolute atomic E-state index is 0.605. The van der Waals surface area contributed by atoms with Gasteiger partial charge in [0, 0.05) is 53.2 Å².